The van der Waals surface area contributed by atoms with Crippen molar-refractivity contribution in [1.82, 2.24) is 19.5 Å². The molecule has 1 aliphatic rings. The predicted molar refractivity (Wildman–Crippen MR) is 86.6 cm³/mol. The van der Waals surface area contributed by atoms with E-state index in [1.54, 1.807) is 0 Å². The molecule has 1 aliphatic heterocycles. The number of aromatic amines is 1. The molecule has 5 atom stereocenters. The quantitative estimate of drug-likeness (QED) is 0.263. The van der Waals surface area contributed by atoms with Gasteiger partial charge in [0.1, 0.15) is 28.8 Å². The highest BCUT2D eigenvalue weighted by Gasteiger charge is 2.45. The Morgan fingerprint density at radius 3 is 3.00 bits per heavy atom. The van der Waals surface area contributed by atoms with Crippen LogP contribution in [-0.4, -0.2) is 64.9 Å². The number of ether oxygens (including phenoxy) is 1. The number of hydrogen-bond acceptors (Lipinski definition) is 10. The number of H-pyrrole nitrogens is 1. The first-order valence-electron chi connectivity index (χ1n) is 6.87. The van der Waals surface area contributed by atoms with Crippen molar-refractivity contribution in [2.45, 2.75) is 24.5 Å². The Labute approximate surface area is 139 Å². The van der Waals surface area contributed by atoms with Crippen LogP contribution in [-0.2, 0) is 13.7 Å². The molecule has 3 rings (SSSR count). The zero-order chi connectivity index (χ0) is 17.4. The van der Waals surface area contributed by atoms with E-state index in [9.17, 15) is 9.90 Å². The van der Waals surface area contributed by atoms with Gasteiger partial charge in [0.25, 0.3) is 5.56 Å². The standard InChI is InChI=1S/C10H17N6O6PSi/c11-10-14-7-4(8(18)15-10)13-2-16(7)9-6(22-24)5(17)3(21-9)1-20-23(12)19/h2-3,5-6,9,17,19H,1,12H2,24H3,(H3,11,14,15,18)/t3-,5-,6-,9-,23?/m1/s1. The first-order valence-corrected chi connectivity index (χ1v) is 8.97. The number of rotatable bonds is 5. The predicted octanol–water partition coefficient (Wildman–Crippen LogP) is -3.18. The first kappa shape index (κ1) is 17.4. The van der Waals surface area contributed by atoms with E-state index in [0.29, 0.717) is 10.5 Å². The molecular weight excluding hydrogens is 359 g/mol. The fourth-order valence-corrected chi connectivity index (χ4v) is 3.43. The zero-order valence-electron chi connectivity index (χ0n) is 12.6. The van der Waals surface area contributed by atoms with Crippen LogP contribution in [0.15, 0.2) is 11.1 Å². The number of aliphatic hydroxyl groups is 1. The van der Waals surface area contributed by atoms with Gasteiger partial charge in [-0.25, -0.2) is 4.98 Å². The second kappa shape index (κ2) is 6.82. The number of nitrogens with one attached hydrogen (secondary N) is 1. The summed E-state index contributed by atoms with van der Waals surface area (Å²) in [6.45, 7) is -0.111. The van der Waals surface area contributed by atoms with E-state index in [1.165, 1.54) is 10.9 Å². The summed E-state index contributed by atoms with van der Waals surface area (Å²) >= 11 is 0. The third-order valence-corrected chi connectivity index (χ3v) is 4.64. The van der Waals surface area contributed by atoms with Crippen molar-refractivity contribution < 1.29 is 23.7 Å². The molecule has 0 bridgehead atoms. The van der Waals surface area contributed by atoms with Crippen LogP contribution in [0.25, 0.3) is 11.2 Å². The minimum atomic E-state index is -2.07. The molecule has 12 nitrogen and oxygen atoms in total. The van der Waals surface area contributed by atoms with Gasteiger partial charge in [0.2, 0.25) is 14.5 Å². The van der Waals surface area contributed by atoms with Crippen molar-refractivity contribution in [3.63, 3.8) is 0 Å². The van der Waals surface area contributed by atoms with Crippen molar-refractivity contribution in [2.24, 2.45) is 5.50 Å². The topological polar surface area (TPSA) is 184 Å². The minimum Gasteiger partial charge on any atom is -0.418 e. The van der Waals surface area contributed by atoms with Crippen molar-refractivity contribution >= 4 is 36.1 Å². The zero-order valence-corrected chi connectivity index (χ0v) is 15.5. The number of aliphatic hydroxyl groups excluding tert-OH is 1. The maximum atomic E-state index is 11.9. The van der Waals surface area contributed by atoms with Crippen molar-refractivity contribution in [3.8, 4) is 0 Å². The van der Waals surface area contributed by atoms with E-state index in [2.05, 4.69) is 15.0 Å². The highest BCUT2D eigenvalue weighted by atomic mass is 31.2. The lowest BCUT2D eigenvalue weighted by Gasteiger charge is -2.20. The van der Waals surface area contributed by atoms with Gasteiger partial charge in [-0.15, -0.1) is 0 Å². The van der Waals surface area contributed by atoms with Gasteiger partial charge in [0.15, 0.2) is 17.4 Å². The molecule has 1 unspecified atom stereocenters. The van der Waals surface area contributed by atoms with Gasteiger partial charge in [-0.05, 0) is 0 Å². The number of nitrogen functional groups attached to an aromatic ring is 1. The Kier molecular flexibility index (Phi) is 4.94. The minimum absolute atomic E-state index is 0.0647. The molecule has 2 aromatic heterocycles. The molecule has 1 fully saturated rings. The lowest BCUT2D eigenvalue weighted by molar-refractivity contribution is -0.0438. The molecule has 1 saturated heterocycles. The number of imidazole rings is 1. The molecule has 0 aromatic carbocycles. The van der Waals surface area contributed by atoms with Gasteiger partial charge < -0.3 is 29.4 Å². The number of fused-ring (bicyclic) bond motifs is 1. The van der Waals surface area contributed by atoms with E-state index in [1.807, 2.05) is 0 Å². The van der Waals surface area contributed by atoms with Gasteiger partial charge in [-0.1, -0.05) is 0 Å². The van der Waals surface area contributed by atoms with Gasteiger partial charge in [-0.3, -0.25) is 19.8 Å². The summed E-state index contributed by atoms with van der Waals surface area (Å²) in [5.74, 6) is -0.0647. The lowest BCUT2D eigenvalue weighted by Crippen LogP contribution is -2.35. The van der Waals surface area contributed by atoms with E-state index >= 15 is 0 Å². The molecule has 24 heavy (non-hydrogen) atoms. The summed E-state index contributed by atoms with van der Waals surface area (Å²) in [6, 6.07) is 0. The molecule has 0 aliphatic carbocycles. The van der Waals surface area contributed by atoms with Crippen LogP contribution in [0.5, 0.6) is 0 Å². The van der Waals surface area contributed by atoms with Crippen LogP contribution in [0.1, 0.15) is 6.23 Å². The van der Waals surface area contributed by atoms with Crippen LogP contribution < -0.4 is 16.8 Å². The molecule has 3 heterocycles. The third-order valence-electron chi connectivity index (χ3n) is 3.68. The van der Waals surface area contributed by atoms with Gasteiger partial charge in [0, 0.05) is 0 Å². The van der Waals surface area contributed by atoms with E-state index in [4.69, 9.17) is 29.8 Å². The number of nitrogens with zero attached hydrogens (tertiary/aromatic N) is 3. The lowest BCUT2D eigenvalue weighted by atomic mass is 10.1. The maximum absolute atomic E-state index is 11.9. The van der Waals surface area contributed by atoms with Crippen LogP contribution in [0.4, 0.5) is 5.95 Å². The van der Waals surface area contributed by atoms with Crippen LogP contribution in [0.3, 0.4) is 0 Å². The summed E-state index contributed by atoms with van der Waals surface area (Å²) in [5.41, 5.74) is 10.6. The summed E-state index contributed by atoms with van der Waals surface area (Å²) in [4.78, 5) is 31.3. The molecule has 0 amide bonds. The monoisotopic (exact) mass is 376 g/mol. The molecule has 7 N–H and O–H groups in total. The number of aromatic nitrogens is 4. The Morgan fingerprint density at radius 2 is 2.33 bits per heavy atom. The van der Waals surface area contributed by atoms with Crippen molar-refractivity contribution in [1.29, 1.82) is 0 Å². The molecule has 2 aromatic rings. The summed E-state index contributed by atoms with van der Waals surface area (Å²) in [7, 11) is -1.73. The highest BCUT2D eigenvalue weighted by Crippen LogP contribution is 2.34. The van der Waals surface area contributed by atoms with E-state index in [-0.39, 0.29) is 23.7 Å². The second-order valence-corrected chi connectivity index (χ2v) is 6.46. The highest BCUT2D eigenvalue weighted by molar-refractivity contribution is 7.43. The van der Waals surface area contributed by atoms with Crippen LogP contribution >= 0.6 is 8.53 Å². The van der Waals surface area contributed by atoms with Crippen molar-refractivity contribution in [2.75, 3.05) is 12.3 Å². The average molecular weight is 376 g/mol. The normalized spacial score (nSPS) is 28.6. The average Bonchev–Trinajstić information content (AvgIpc) is 3.06. The van der Waals surface area contributed by atoms with E-state index < -0.39 is 38.6 Å². The summed E-state index contributed by atoms with van der Waals surface area (Å²) < 4.78 is 17.6. The largest absolute Gasteiger partial charge is 0.418 e. The van der Waals surface area contributed by atoms with Gasteiger partial charge >= 0.3 is 0 Å². The van der Waals surface area contributed by atoms with Crippen LogP contribution in [0.2, 0.25) is 0 Å². The number of hydrogen-bond donors (Lipinski definition) is 5. The SMILES string of the molecule is Nc1nc2c(ncn2[C@@H]2O[C@H](COP(N)O)[C@@H](O)[C@H]2O[SiH3])c(=O)[nH]1. The second-order valence-electron chi connectivity index (χ2n) is 5.13. The molecule has 0 radical (unpaired) electrons. The fraction of sp³-hybridized carbons (Fsp3) is 0.500. The molecule has 0 spiro atoms. The Morgan fingerprint density at radius 1 is 1.58 bits per heavy atom. The Hall–Kier alpha value is -1.44. The molecule has 132 valence electrons. The molecule has 14 heteroatoms. The molecule has 0 saturated carbocycles. The fourth-order valence-electron chi connectivity index (χ4n) is 2.61. The smallest absolute Gasteiger partial charge is 0.280 e. The third kappa shape index (κ3) is 3.08. The van der Waals surface area contributed by atoms with Crippen molar-refractivity contribution in [3.05, 3.63) is 16.7 Å². The first-order chi connectivity index (χ1) is 11.4. The maximum Gasteiger partial charge on any atom is 0.280 e. The number of anilines is 1. The van der Waals surface area contributed by atoms with E-state index in [0.717, 1.165) is 0 Å². The Bertz CT molecular complexity index is 785. The molecular formula is C10H17N6O6PSi. The summed E-state index contributed by atoms with van der Waals surface area (Å²) in [5, 5.41) is 10.3. The summed E-state index contributed by atoms with van der Waals surface area (Å²) in [6.07, 6.45) is -1.92. The Balaban J connectivity index is 1.95. The van der Waals surface area contributed by atoms with Crippen LogP contribution in [0, 0.1) is 0 Å². The van der Waals surface area contributed by atoms with Gasteiger partial charge in [-0.2, -0.15) is 4.98 Å². The van der Waals surface area contributed by atoms with Gasteiger partial charge in [0.05, 0.1) is 12.9 Å². The number of nitrogens with two attached hydrogens (primary N) is 2.